The topological polar surface area (TPSA) is 102 Å². The zero-order valence-electron chi connectivity index (χ0n) is 17.5. The molecule has 8 nitrogen and oxygen atoms in total. The van der Waals surface area contributed by atoms with Crippen LogP contribution in [0.2, 0.25) is 0 Å². The van der Waals surface area contributed by atoms with Crippen molar-refractivity contribution in [3.63, 3.8) is 0 Å². The van der Waals surface area contributed by atoms with Gasteiger partial charge in [-0.25, -0.2) is 13.2 Å². The van der Waals surface area contributed by atoms with E-state index in [4.69, 9.17) is 4.74 Å². The van der Waals surface area contributed by atoms with Crippen LogP contribution in [0.3, 0.4) is 0 Å². The van der Waals surface area contributed by atoms with Crippen LogP contribution >= 0.6 is 0 Å². The second kappa shape index (κ2) is 10.1. The van der Waals surface area contributed by atoms with Crippen molar-refractivity contribution in [3.8, 4) is 5.75 Å². The van der Waals surface area contributed by atoms with Crippen molar-refractivity contribution in [1.82, 2.24) is 0 Å². The monoisotopic (exact) mass is 434 g/mol. The number of para-hydroxylation sites is 1. The van der Waals surface area contributed by atoms with Crippen LogP contribution in [-0.4, -0.2) is 47.3 Å². The summed E-state index contributed by atoms with van der Waals surface area (Å²) in [4.78, 5) is 24.1. The standard InChI is InChI=1S/C21H26N2O6S/c1-15-8-5-6-9-18(15)23(30(4,26)27)13-7-10-20(24)22-17-14-16(21(25)29-3)11-12-19(17)28-2/h5-6,8-9,11-12,14H,7,10,13H2,1-4H3,(H,22,24). The normalized spacial score (nSPS) is 10.9. The maximum Gasteiger partial charge on any atom is 0.337 e. The molecule has 2 aromatic carbocycles. The molecule has 0 saturated carbocycles. The molecule has 0 saturated heterocycles. The molecule has 0 spiro atoms. The number of sulfonamides is 1. The molecule has 0 radical (unpaired) electrons. The van der Waals surface area contributed by atoms with Crippen LogP contribution in [0.5, 0.6) is 5.75 Å². The molecular formula is C21H26N2O6S. The van der Waals surface area contributed by atoms with Gasteiger partial charge in [0.25, 0.3) is 0 Å². The number of hydrogen-bond acceptors (Lipinski definition) is 6. The van der Waals surface area contributed by atoms with Crippen molar-refractivity contribution in [3.05, 3.63) is 53.6 Å². The Bertz CT molecular complexity index is 1020. The van der Waals surface area contributed by atoms with E-state index in [-0.39, 0.29) is 24.4 Å². The van der Waals surface area contributed by atoms with Crippen molar-refractivity contribution in [1.29, 1.82) is 0 Å². The van der Waals surface area contributed by atoms with Gasteiger partial charge in [-0.05, 0) is 43.2 Å². The first kappa shape index (κ1) is 23.2. The number of amides is 1. The molecule has 0 aliphatic heterocycles. The number of methoxy groups -OCH3 is 2. The Morgan fingerprint density at radius 1 is 1.10 bits per heavy atom. The molecule has 1 N–H and O–H groups in total. The highest BCUT2D eigenvalue weighted by atomic mass is 32.2. The summed E-state index contributed by atoms with van der Waals surface area (Å²) < 4.78 is 35.7. The third kappa shape index (κ3) is 5.96. The second-order valence-corrected chi connectivity index (χ2v) is 8.59. The fourth-order valence-electron chi connectivity index (χ4n) is 2.95. The molecule has 0 bridgehead atoms. The molecular weight excluding hydrogens is 408 g/mol. The maximum absolute atomic E-state index is 12.4. The smallest absolute Gasteiger partial charge is 0.337 e. The number of anilines is 2. The van der Waals surface area contributed by atoms with E-state index in [1.807, 2.05) is 19.1 Å². The Morgan fingerprint density at radius 3 is 2.40 bits per heavy atom. The number of benzene rings is 2. The molecule has 9 heteroatoms. The van der Waals surface area contributed by atoms with Crippen molar-refractivity contribution < 1.29 is 27.5 Å². The Labute approximate surface area is 176 Å². The summed E-state index contributed by atoms with van der Waals surface area (Å²) in [5, 5.41) is 2.70. The molecule has 0 aromatic heterocycles. The summed E-state index contributed by atoms with van der Waals surface area (Å²) in [5.41, 5.74) is 2.03. The minimum atomic E-state index is -3.50. The molecule has 1 amide bonds. The number of hydrogen-bond donors (Lipinski definition) is 1. The van der Waals surface area contributed by atoms with Gasteiger partial charge in [0.1, 0.15) is 5.75 Å². The van der Waals surface area contributed by atoms with E-state index in [1.165, 1.54) is 30.7 Å². The third-order valence-corrected chi connectivity index (χ3v) is 5.62. The van der Waals surface area contributed by atoms with Crippen molar-refractivity contribution >= 4 is 33.3 Å². The third-order valence-electron chi connectivity index (χ3n) is 4.44. The molecule has 30 heavy (non-hydrogen) atoms. The van der Waals surface area contributed by atoms with E-state index >= 15 is 0 Å². The van der Waals surface area contributed by atoms with Crippen molar-refractivity contribution in [2.45, 2.75) is 19.8 Å². The van der Waals surface area contributed by atoms with E-state index in [0.717, 1.165) is 11.8 Å². The summed E-state index contributed by atoms with van der Waals surface area (Å²) >= 11 is 0. The predicted molar refractivity (Wildman–Crippen MR) is 116 cm³/mol. The fourth-order valence-corrected chi connectivity index (χ4v) is 3.98. The Morgan fingerprint density at radius 2 is 1.80 bits per heavy atom. The predicted octanol–water partition coefficient (Wildman–Crippen LogP) is 2.98. The number of carbonyl (C=O) groups excluding carboxylic acids is 2. The second-order valence-electron chi connectivity index (χ2n) is 6.68. The van der Waals surface area contributed by atoms with Gasteiger partial charge in [-0.15, -0.1) is 0 Å². The van der Waals surface area contributed by atoms with Gasteiger partial charge in [-0.1, -0.05) is 18.2 Å². The number of aryl methyl sites for hydroxylation is 1. The number of ether oxygens (including phenoxy) is 2. The zero-order chi connectivity index (χ0) is 22.3. The number of esters is 1. The van der Waals surface area contributed by atoms with Gasteiger partial charge >= 0.3 is 5.97 Å². The van der Waals surface area contributed by atoms with Gasteiger partial charge in [-0.3, -0.25) is 9.10 Å². The zero-order valence-corrected chi connectivity index (χ0v) is 18.3. The molecule has 0 aliphatic carbocycles. The minimum absolute atomic E-state index is 0.0868. The quantitative estimate of drug-likeness (QED) is 0.609. The molecule has 0 fully saturated rings. The lowest BCUT2D eigenvalue weighted by Gasteiger charge is -2.24. The molecule has 2 aromatic rings. The summed E-state index contributed by atoms with van der Waals surface area (Å²) in [6, 6.07) is 11.7. The van der Waals surface area contributed by atoms with Gasteiger partial charge in [-0.2, -0.15) is 0 Å². The van der Waals surface area contributed by atoms with Gasteiger partial charge in [0.15, 0.2) is 0 Å². The van der Waals surface area contributed by atoms with E-state index in [2.05, 4.69) is 10.1 Å². The van der Waals surface area contributed by atoms with Gasteiger partial charge < -0.3 is 14.8 Å². The SMILES string of the molecule is COC(=O)c1ccc(OC)c(NC(=O)CCCN(c2ccccc2C)S(C)(=O)=O)c1. The summed E-state index contributed by atoms with van der Waals surface area (Å²) in [7, 11) is -0.772. The van der Waals surface area contributed by atoms with Crippen LogP contribution in [0.4, 0.5) is 11.4 Å². The van der Waals surface area contributed by atoms with Crippen LogP contribution in [-0.2, 0) is 19.6 Å². The molecule has 2 rings (SSSR count). The molecule has 0 unspecified atom stereocenters. The molecule has 0 heterocycles. The van der Waals surface area contributed by atoms with Crippen LogP contribution in [0.1, 0.15) is 28.8 Å². The highest BCUT2D eigenvalue weighted by Gasteiger charge is 2.19. The van der Waals surface area contributed by atoms with Gasteiger partial charge in [0, 0.05) is 13.0 Å². The first-order valence-electron chi connectivity index (χ1n) is 9.27. The average molecular weight is 435 g/mol. The highest BCUT2D eigenvalue weighted by molar-refractivity contribution is 7.92. The highest BCUT2D eigenvalue weighted by Crippen LogP contribution is 2.26. The van der Waals surface area contributed by atoms with Crippen LogP contribution in [0.15, 0.2) is 42.5 Å². The Hall–Kier alpha value is -3.07. The molecule has 0 atom stereocenters. The van der Waals surface area contributed by atoms with E-state index in [0.29, 0.717) is 23.5 Å². The first-order valence-corrected chi connectivity index (χ1v) is 11.1. The first-order chi connectivity index (χ1) is 14.2. The number of nitrogens with one attached hydrogen (secondary N) is 1. The molecule has 0 aliphatic rings. The van der Waals surface area contributed by atoms with E-state index in [9.17, 15) is 18.0 Å². The molecule has 162 valence electrons. The fraction of sp³-hybridized carbons (Fsp3) is 0.333. The largest absolute Gasteiger partial charge is 0.495 e. The van der Waals surface area contributed by atoms with Crippen LogP contribution in [0, 0.1) is 6.92 Å². The lowest BCUT2D eigenvalue weighted by Crippen LogP contribution is -2.32. The number of carbonyl (C=O) groups is 2. The average Bonchev–Trinajstić information content (AvgIpc) is 2.70. The van der Waals surface area contributed by atoms with Gasteiger partial charge in [0.05, 0.1) is 37.4 Å². The lowest BCUT2D eigenvalue weighted by atomic mass is 10.1. The van der Waals surface area contributed by atoms with Crippen LogP contribution in [0.25, 0.3) is 0 Å². The minimum Gasteiger partial charge on any atom is -0.495 e. The van der Waals surface area contributed by atoms with E-state index in [1.54, 1.807) is 18.2 Å². The Balaban J connectivity index is 2.07. The number of nitrogens with zero attached hydrogens (tertiary/aromatic N) is 1. The van der Waals surface area contributed by atoms with E-state index < -0.39 is 16.0 Å². The van der Waals surface area contributed by atoms with Gasteiger partial charge in [0.2, 0.25) is 15.9 Å². The number of rotatable bonds is 9. The Kier molecular flexibility index (Phi) is 7.82. The summed E-state index contributed by atoms with van der Waals surface area (Å²) in [6.07, 6.45) is 1.54. The summed E-state index contributed by atoms with van der Waals surface area (Å²) in [6.45, 7) is 2.00. The van der Waals surface area contributed by atoms with Crippen molar-refractivity contribution in [2.75, 3.05) is 36.6 Å². The van der Waals surface area contributed by atoms with Crippen LogP contribution < -0.4 is 14.4 Å². The summed E-state index contributed by atoms with van der Waals surface area (Å²) in [5.74, 6) is -0.461. The van der Waals surface area contributed by atoms with Crippen molar-refractivity contribution in [2.24, 2.45) is 0 Å². The maximum atomic E-state index is 12.4. The lowest BCUT2D eigenvalue weighted by molar-refractivity contribution is -0.116.